The highest BCUT2D eigenvalue weighted by atomic mass is 16.6. The van der Waals surface area contributed by atoms with Crippen molar-refractivity contribution in [2.24, 2.45) is 5.73 Å². The summed E-state index contributed by atoms with van der Waals surface area (Å²) in [7, 11) is 1.33. The first-order valence-electron chi connectivity index (χ1n) is 10.7. The minimum atomic E-state index is -0.450. The van der Waals surface area contributed by atoms with Gasteiger partial charge in [0.25, 0.3) is 0 Å². The van der Waals surface area contributed by atoms with Crippen LogP contribution in [0.15, 0.2) is 42.5 Å². The number of nitrogens with zero attached hydrogens (tertiary/aromatic N) is 1. The van der Waals surface area contributed by atoms with Gasteiger partial charge in [0.05, 0.1) is 18.5 Å². The summed E-state index contributed by atoms with van der Waals surface area (Å²) in [4.78, 5) is 24.2. The monoisotopic (exact) mass is 420 g/mol. The molecule has 1 aliphatic rings. The van der Waals surface area contributed by atoms with E-state index in [1.54, 1.807) is 0 Å². The van der Waals surface area contributed by atoms with Gasteiger partial charge < -0.3 is 19.8 Å². The van der Waals surface area contributed by atoms with E-state index in [0.717, 1.165) is 47.8 Å². The highest BCUT2D eigenvalue weighted by Crippen LogP contribution is 2.42. The quantitative estimate of drug-likeness (QED) is 0.485. The molecular formula is C25H28N2O4. The van der Waals surface area contributed by atoms with Crippen LogP contribution in [0.1, 0.15) is 47.6 Å². The summed E-state index contributed by atoms with van der Waals surface area (Å²) in [5.41, 5.74) is 11.4. The lowest BCUT2D eigenvalue weighted by atomic mass is 9.92. The lowest BCUT2D eigenvalue weighted by molar-refractivity contribution is -0.142. The Labute approximate surface area is 181 Å². The summed E-state index contributed by atoms with van der Waals surface area (Å²) in [6.07, 6.45) is 3.53. The Morgan fingerprint density at radius 1 is 1.13 bits per heavy atom. The number of hydrogen-bond acceptors (Lipinski definition) is 4. The van der Waals surface area contributed by atoms with Crippen molar-refractivity contribution in [2.45, 2.75) is 45.1 Å². The number of amides is 1. The van der Waals surface area contributed by atoms with Crippen LogP contribution in [0, 0.1) is 6.92 Å². The van der Waals surface area contributed by atoms with Gasteiger partial charge in [0.1, 0.15) is 5.75 Å². The third-order valence-corrected chi connectivity index (χ3v) is 6.21. The van der Waals surface area contributed by atoms with Crippen molar-refractivity contribution in [3.8, 4) is 5.75 Å². The van der Waals surface area contributed by atoms with Crippen molar-refractivity contribution >= 4 is 22.8 Å². The molecular weight excluding hydrogens is 392 g/mol. The SMILES string of the molecule is COC(=O)COc1cccc2c1c1c(n2Cc2ccccc2C)CCCCC1C(N)=O. The maximum atomic E-state index is 12.5. The first-order valence-corrected chi connectivity index (χ1v) is 10.7. The standard InChI is InChI=1S/C25H28N2O4/c1-16-8-3-4-9-17(16)14-27-19-11-6-5-10-18(25(26)29)23(19)24-20(27)12-7-13-21(24)31-15-22(28)30-2/h3-4,7-9,12-13,18H,5-6,10-11,14-15H2,1-2H3,(H2,26,29). The second-order valence-corrected chi connectivity index (χ2v) is 8.09. The van der Waals surface area contributed by atoms with Gasteiger partial charge in [-0.25, -0.2) is 4.79 Å². The van der Waals surface area contributed by atoms with Gasteiger partial charge in [-0.2, -0.15) is 0 Å². The van der Waals surface area contributed by atoms with Gasteiger partial charge in [-0.05, 0) is 55.0 Å². The molecule has 1 unspecified atom stereocenters. The van der Waals surface area contributed by atoms with Gasteiger partial charge in [0.2, 0.25) is 5.91 Å². The second-order valence-electron chi connectivity index (χ2n) is 8.09. The zero-order valence-electron chi connectivity index (χ0n) is 18.0. The molecule has 0 saturated carbocycles. The molecule has 162 valence electrons. The van der Waals surface area contributed by atoms with Crippen LogP contribution in [-0.2, 0) is 27.3 Å². The fourth-order valence-electron chi connectivity index (χ4n) is 4.62. The number of benzene rings is 2. The van der Waals surface area contributed by atoms with E-state index < -0.39 is 5.97 Å². The van der Waals surface area contributed by atoms with Gasteiger partial charge in [0, 0.05) is 17.6 Å². The number of aromatic nitrogens is 1. The maximum absolute atomic E-state index is 12.5. The predicted molar refractivity (Wildman–Crippen MR) is 119 cm³/mol. The van der Waals surface area contributed by atoms with Gasteiger partial charge in [-0.3, -0.25) is 4.79 Å². The molecule has 1 heterocycles. The molecule has 6 nitrogen and oxygen atoms in total. The van der Waals surface area contributed by atoms with E-state index in [9.17, 15) is 9.59 Å². The molecule has 0 aliphatic heterocycles. The molecule has 4 rings (SSSR count). The van der Waals surface area contributed by atoms with Crippen molar-refractivity contribution in [2.75, 3.05) is 13.7 Å². The van der Waals surface area contributed by atoms with E-state index in [0.29, 0.717) is 12.3 Å². The Bertz CT molecular complexity index is 1130. The van der Waals surface area contributed by atoms with E-state index in [-0.39, 0.29) is 18.4 Å². The molecule has 6 heteroatoms. The Morgan fingerprint density at radius 2 is 1.94 bits per heavy atom. The zero-order chi connectivity index (χ0) is 22.0. The number of aryl methyl sites for hydroxylation is 1. The summed E-state index contributed by atoms with van der Waals surface area (Å²) in [6.45, 7) is 2.62. The van der Waals surface area contributed by atoms with Crippen LogP contribution in [0.3, 0.4) is 0 Å². The van der Waals surface area contributed by atoms with Crippen LogP contribution < -0.4 is 10.5 Å². The predicted octanol–water partition coefficient (Wildman–Crippen LogP) is 3.85. The van der Waals surface area contributed by atoms with Crippen molar-refractivity contribution in [3.05, 3.63) is 64.8 Å². The van der Waals surface area contributed by atoms with Gasteiger partial charge in [-0.15, -0.1) is 0 Å². The van der Waals surface area contributed by atoms with E-state index in [1.807, 2.05) is 30.3 Å². The topological polar surface area (TPSA) is 83.6 Å². The van der Waals surface area contributed by atoms with Crippen LogP contribution in [0.5, 0.6) is 5.75 Å². The summed E-state index contributed by atoms with van der Waals surface area (Å²) < 4.78 is 12.9. The maximum Gasteiger partial charge on any atom is 0.343 e. The summed E-state index contributed by atoms with van der Waals surface area (Å²) in [5.74, 6) is -0.563. The molecule has 1 aliphatic carbocycles. The number of carbonyl (C=O) groups is 2. The van der Waals surface area contributed by atoms with Crippen LogP contribution in [0.25, 0.3) is 10.9 Å². The Hall–Kier alpha value is -3.28. The molecule has 1 atom stereocenters. The van der Waals surface area contributed by atoms with Crippen LogP contribution >= 0.6 is 0 Å². The fraction of sp³-hybridized carbons (Fsp3) is 0.360. The van der Waals surface area contributed by atoms with Crippen LogP contribution in [-0.4, -0.2) is 30.2 Å². The molecule has 1 aromatic heterocycles. The number of nitrogens with two attached hydrogens (primary N) is 1. The molecule has 0 bridgehead atoms. The Morgan fingerprint density at radius 3 is 2.68 bits per heavy atom. The number of methoxy groups -OCH3 is 1. The molecule has 31 heavy (non-hydrogen) atoms. The van der Waals surface area contributed by atoms with Gasteiger partial charge in [-0.1, -0.05) is 36.8 Å². The molecule has 0 fully saturated rings. The lowest BCUT2D eigenvalue weighted by Crippen LogP contribution is -2.22. The number of fused-ring (bicyclic) bond motifs is 3. The van der Waals surface area contributed by atoms with E-state index in [1.165, 1.54) is 18.2 Å². The highest BCUT2D eigenvalue weighted by Gasteiger charge is 2.31. The summed E-state index contributed by atoms with van der Waals surface area (Å²) in [5, 5.41) is 0.876. The largest absolute Gasteiger partial charge is 0.481 e. The number of rotatable bonds is 6. The van der Waals surface area contributed by atoms with Crippen molar-refractivity contribution in [3.63, 3.8) is 0 Å². The molecule has 1 amide bonds. The van der Waals surface area contributed by atoms with Crippen molar-refractivity contribution < 1.29 is 19.1 Å². The van der Waals surface area contributed by atoms with Crippen LogP contribution in [0.4, 0.5) is 0 Å². The minimum Gasteiger partial charge on any atom is -0.481 e. The number of carbonyl (C=O) groups excluding carboxylic acids is 2. The third-order valence-electron chi connectivity index (χ3n) is 6.21. The molecule has 0 saturated heterocycles. The molecule has 0 radical (unpaired) electrons. The fourth-order valence-corrected chi connectivity index (χ4v) is 4.62. The van der Waals surface area contributed by atoms with Crippen molar-refractivity contribution in [1.29, 1.82) is 0 Å². The zero-order valence-corrected chi connectivity index (χ0v) is 18.0. The number of esters is 1. The first kappa shape index (κ1) is 21.0. The average Bonchev–Trinajstić information content (AvgIpc) is 2.92. The first-order chi connectivity index (χ1) is 15.0. The average molecular weight is 421 g/mol. The number of ether oxygens (including phenoxy) is 2. The second kappa shape index (κ2) is 8.84. The normalized spacial score (nSPS) is 15.9. The summed E-state index contributed by atoms with van der Waals surface area (Å²) >= 11 is 0. The van der Waals surface area contributed by atoms with Crippen LogP contribution in [0.2, 0.25) is 0 Å². The lowest BCUT2D eigenvalue weighted by Gasteiger charge is -2.14. The molecule has 3 aromatic rings. The van der Waals surface area contributed by atoms with E-state index >= 15 is 0 Å². The van der Waals surface area contributed by atoms with E-state index in [2.05, 4.69) is 23.6 Å². The van der Waals surface area contributed by atoms with Gasteiger partial charge >= 0.3 is 5.97 Å². The smallest absolute Gasteiger partial charge is 0.343 e. The highest BCUT2D eigenvalue weighted by molar-refractivity contribution is 5.97. The summed E-state index contributed by atoms with van der Waals surface area (Å²) in [6, 6.07) is 14.1. The number of primary amides is 1. The van der Waals surface area contributed by atoms with E-state index in [4.69, 9.17) is 15.2 Å². The third kappa shape index (κ3) is 4.02. The minimum absolute atomic E-state index is 0.186. The number of hydrogen-bond donors (Lipinski definition) is 1. The molecule has 0 spiro atoms. The Kier molecular flexibility index (Phi) is 5.98. The Balaban J connectivity index is 1.93. The van der Waals surface area contributed by atoms with Crippen molar-refractivity contribution in [1.82, 2.24) is 4.57 Å². The van der Waals surface area contributed by atoms with Gasteiger partial charge in [0.15, 0.2) is 6.61 Å². The molecule has 2 N–H and O–H groups in total. The molecule has 2 aromatic carbocycles.